The van der Waals surface area contributed by atoms with Gasteiger partial charge in [-0.3, -0.25) is 0 Å². The maximum absolute atomic E-state index is 11.3. The van der Waals surface area contributed by atoms with Crippen LogP contribution in [0.5, 0.6) is 0 Å². The minimum absolute atomic E-state index is 0.386. The minimum Gasteiger partial charge on any atom is -0.465 e. The van der Waals surface area contributed by atoms with Crippen molar-refractivity contribution in [2.75, 3.05) is 7.11 Å². The van der Waals surface area contributed by atoms with Crippen molar-refractivity contribution in [2.45, 2.75) is 11.8 Å². The molecule has 1 aromatic carbocycles. The first-order valence-electron chi connectivity index (χ1n) is 3.92. The van der Waals surface area contributed by atoms with E-state index in [0.717, 1.165) is 5.56 Å². The van der Waals surface area contributed by atoms with Gasteiger partial charge in [-0.2, -0.15) is 5.26 Å². The van der Waals surface area contributed by atoms with E-state index in [9.17, 15) is 4.79 Å². The van der Waals surface area contributed by atoms with E-state index in [1.807, 2.05) is 6.07 Å². The van der Waals surface area contributed by atoms with Gasteiger partial charge in [0.2, 0.25) is 0 Å². The Morgan fingerprint density at radius 2 is 2.21 bits per heavy atom. The van der Waals surface area contributed by atoms with Gasteiger partial charge in [-0.05, 0) is 24.6 Å². The molecule has 0 amide bonds. The predicted octanol–water partition coefficient (Wildman–Crippen LogP) is 1.94. The molecule has 0 saturated heterocycles. The van der Waals surface area contributed by atoms with Crippen molar-refractivity contribution in [3.63, 3.8) is 0 Å². The number of carbonyl (C=O) groups excluding carboxylic acids is 1. The van der Waals surface area contributed by atoms with Gasteiger partial charge in [0, 0.05) is 4.90 Å². The van der Waals surface area contributed by atoms with Crippen LogP contribution in [-0.4, -0.2) is 13.1 Å². The zero-order chi connectivity index (χ0) is 10.7. The van der Waals surface area contributed by atoms with Gasteiger partial charge in [0.1, 0.15) is 0 Å². The number of methoxy groups -OCH3 is 1. The van der Waals surface area contributed by atoms with E-state index >= 15 is 0 Å². The second-order valence-electron chi connectivity index (χ2n) is 2.77. The molecule has 3 nitrogen and oxygen atoms in total. The van der Waals surface area contributed by atoms with Crippen LogP contribution >= 0.6 is 12.6 Å². The summed E-state index contributed by atoms with van der Waals surface area (Å²) in [5.41, 5.74) is 1.51. The lowest BCUT2D eigenvalue weighted by Gasteiger charge is -2.06. The van der Waals surface area contributed by atoms with Gasteiger partial charge in [0.05, 0.1) is 24.3 Å². The van der Waals surface area contributed by atoms with Crippen LogP contribution < -0.4 is 0 Å². The predicted molar refractivity (Wildman–Crippen MR) is 54.5 cm³/mol. The number of hydrogen-bond acceptors (Lipinski definition) is 4. The summed E-state index contributed by atoms with van der Waals surface area (Å²) in [5.74, 6) is -0.449. The van der Waals surface area contributed by atoms with E-state index in [1.165, 1.54) is 13.2 Å². The van der Waals surface area contributed by atoms with Gasteiger partial charge in [0.15, 0.2) is 0 Å². The van der Waals surface area contributed by atoms with Crippen molar-refractivity contribution in [3.8, 4) is 6.07 Å². The fraction of sp³-hybridized carbons (Fsp3) is 0.200. The van der Waals surface area contributed by atoms with Crippen LogP contribution in [0.15, 0.2) is 17.0 Å². The zero-order valence-corrected chi connectivity index (χ0v) is 8.76. The van der Waals surface area contributed by atoms with E-state index in [2.05, 4.69) is 17.4 Å². The number of ether oxygens (including phenoxy) is 1. The average molecular weight is 207 g/mol. The molecule has 0 radical (unpaired) electrons. The monoisotopic (exact) mass is 207 g/mol. The molecule has 72 valence electrons. The molecule has 0 aliphatic carbocycles. The SMILES string of the molecule is COC(=O)c1cc(C#N)cc(S)c1C. The summed E-state index contributed by atoms with van der Waals surface area (Å²) >= 11 is 4.17. The van der Waals surface area contributed by atoms with Crippen LogP contribution in [0.1, 0.15) is 21.5 Å². The molecule has 0 aliphatic heterocycles. The summed E-state index contributed by atoms with van der Waals surface area (Å²) in [7, 11) is 1.30. The van der Waals surface area contributed by atoms with Crippen molar-refractivity contribution in [1.29, 1.82) is 5.26 Å². The summed E-state index contributed by atoms with van der Waals surface area (Å²) < 4.78 is 4.59. The quantitative estimate of drug-likeness (QED) is 0.565. The molecule has 4 heteroatoms. The molecular weight excluding hydrogens is 198 g/mol. The first kappa shape index (κ1) is 10.6. The van der Waals surface area contributed by atoms with Crippen molar-refractivity contribution in [2.24, 2.45) is 0 Å². The number of esters is 1. The molecule has 0 bridgehead atoms. The molecule has 1 rings (SSSR count). The Morgan fingerprint density at radius 3 is 2.71 bits per heavy atom. The maximum Gasteiger partial charge on any atom is 0.338 e. The third kappa shape index (κ3) is 1.88. The number of thiol groups is 1. The highest BCUT2D eigenvalue weighted by atomic mass is 32.1. The Balaban J connectivity index is 3.36. The van der Waals surface area contributed by atoms with E-state index in [-0.39, 0.29) is 0 Å². The topological polar surface area (TPSA) is 50.1 Å². The first-order chi connectivity index (χ1) is 6.60. The molecule has 0 N–H and O–H groups in total. The van der Waals surface area contributed by atoms with Gasteiger partial charge in [0.25, 0.3) is 0 Å². The number of rotatable bonds is 1. The molecule has 14 heavy (non-hydrogen) atoms. The largest absolute Gasteiger partial charge is 0.465 e. The van der Waals surface area contributed by atoms with Crippen LogP contribution in [0.2, 0.25) is 0 Å². The molecule has 0 saturated carbocycles. The van der Waals surface area contributed by atoms with Gasteiger partial charge >= 0.3 is 5.97 Å². The minimum atomic E-state index is -0.449. The summed E-state index contributed by atoms with van der Waals surface area (Å²) in [6.45, 7) is 1.76. The lowest BCUT2D eigenvalue weighted by molar-refractivity contribution is 0.0599. The molecule has 0 fully saturated rings. The second kappa shape index (κ2) is 4.16. The lowest BCUT2D eigenvalue weighted by atomic mass is 10.1. The van der Waals surface area contributed by atoms with Gasteiger partial charge < -0.3 is 4.74 Å². The fourth-order valence-corrected chi connectivity index (χ4v) is 1.35. The Kier molecular flexibility index (Phi) is 3.15. The van der Waals surface area contributed by atoms with Crippen LogP contribution in [0.4, 0.5) is 0 Å². The van der Waals surface area contributed by atoms with Crippen LogP contribution in [0.25, 0.3) is 0 Å². The van der Waals surface area contributed by atoms with E-state index in [1.54, 1.807) is 13.0 Å². The summed E-state index contributed by atoms with van der Waals surface area (Å²) in [5, 5.41) is 8.70. The highest BCUT2D eigenvalue weighted by Crippen LogP contribution is 2.20. The van der Waals surface area contributed by atoms with Gasteiger partial charge in [-0.15, -0.1) is 12.6 Å². The molecule has 0 aliphatic rings. The smallest absolute Gasteiger partial charge is 0.338 e. The first-order valence-corrected chi connectivity index (χ1v) is 4.37. The van der Waals surface area contributed by atoms with Crippen molar-refractivity contribution in [1.82, 2.24) is 0 Å². The fourth-order valence-electron chi connectivity index (χ4n) is 1.09. The molecule has 0 heterocycles. The van der Waals surface area contributed by atoms with Gasteiger partial charge in [-0.1, -0.05) is 0 Å². The number of benzene rings is 1. The number of carbonyl (C=O) groups is 1. The molecular formula is C10H9NO2S. The zero-order valence-electron chi connectivity index (χ0n) is 7.87. The summed E-state index contributed by atoms with van der Waals surface area (Å²) in [4.78, 5) is 11.9. The molecule has 0 atom stereocenters. The number of nitriles is 1. The summed E-state index contributed by atoms with van der Waals surface area (Å²) in [6.07, 6.45) is 0. The molecule has 0 unspecified atom stereocenters. The molecule has 1 aromatic rings. The number of hydrogen-bond donors (Lipinski definition) is 1. The summed E-state index contributed by atoms with van der Waals surface area (Å²) in [6, 6.07) is 5.07. The van der Waals surface area contributed by atoms with Crippen LogP contribution in [0.3, 0.4) is 0 Å². The highest BCUT2D eigenvalue weighted by Gasteiger charge is 2.12. The third-order valence-corrected chi connectivity index (χ3v) is 2.38. The number of nitrogens with zero attached hydrogens (tertiary/aromatic N) is 1. The Morgan fingerprint density at radius 1 is 1.57 bits per heavy atom. The van der Waals surface area contributed by atoms with E-state index in [4.69, 9.17) is 5.26 Å². The van der Waals surface area contributed by atoms with E-state index in [0.29, 0.717) is 16.0 Å². The van der Waals surface area contributed by atoms with Crippen LogP contribution in [-0.2, 0) is 4.74 Å². The maximum atomic E-state index is 11.3. The molecule has 0 spiro atoms. The third-order valence-electron chi connectivity index (χ3n) is 1.91. The van der Waals surface area contributed by atoms with Gasteiger partial charge in [-0.25, -0.2) is 4.79 Å². The highest BCUT2D eigenvalue weighted by molar-refractivity contribution is 7.80. The standard InChI is InChI=1S/C10H9NO2S/c1-6-8(10(12)13-2)3-7(5-11)4-9(6)14/h3-4,14H,1-2H3. The lowest BCUT2D eigenvalue weighted by Crippen LogP contribution is -2.04. The Labute approximate surface area is 87.7 Å². The van der Waals surface area contributed by atoms with Crippen molar-refractivity contribution >= 4 is 18.6 Å². The van der Waals surface area contributed by atoms with Crippen molar-refractivity contribution in [3.05, 3.63) is 28.8 Å². The Bertz CT molecular complexity index is 421. The second-order valence-corrected chi connectivity index (χ2v) is 3.25. The average Bonchev–Trinajstić information content (AvgIpc) is 2.20. The molecule has 0 aromatic heterocycles. The van der Waals surface area contributed by atoms with Crippen LogP contribution in [0, 0.1) is 18.3 Å². The Hall–Kier alpha value is -1.47. The van der Waals surface area contributed by atoms with Crippen molar-refractivity contribution < 1.29 is 9.53 Å². The van der Waals surface area contributed by atoms with E-state index < -0.39 is 5.97 Å². The normalized spacial score (nSPS) is 9.29.